The maximum Gasteiger partial charge on any atom is 0.239 e. The van der Waals surface area contributed by atoms with Crippen LogP contribution >= 0.6 is 15.9 Å². The van der Waals surface area contributed by atoms with Crippen molar-refractivity contribution < 1.29 is 9.59 Å². The lowest BCUT2D eigenvalue weighted by atomic mass is 9.90. The molecule has 1 aromatic rings. The van der Waals surface area contributed by atoms with Gasteiger partial charge >= 0.3 is 0 Å². The fourth-order valence-electron chi connectivity index (χ4n) is 1.57. The standard InChI is InChI=1S/C16H23BrN2O2/c1-6-11(3)18-14(20)16(4,5)15(21)19-12-8-7-10(2)13(17)9-12/h7-9,11H,6H2,1-5H3,(H,18,20)(H,19,21). The highest BCUT2D eigenvalue weighted by Gasteiger charge is 2.36. The van der Waals surface area contributed by atoms with E-state index in [2.05, 4.69) is 26.6 Å². The van der Waals surface area contributed by atoms with Crippen LogP contribution in [0.3, 0.4) is 0 Å². The average Bonchev–Trinajstić information content (AvgIpc) is 2.42. The molecular formula is C16H23BrN2O2. The molecular weight excluding hydrogens is 332 g/mol. The molecule has 0 aliphatic heterocycles. The van der Waals surface area contributed by atoms with E-state index in [-0.39, 0.29) is 17.9 Å². The van der Waals surface area contributed by atoms with Gasteiger partial charge in [-0.2, -0.15) is 0 Å². The molecule has 0 heterocycles. The quantitative estimate of drug-likeness (QED) is 0.793. The SMILES string of the molecule is CCC(C)NC(=O)C(C)(C)C(=O)Nc1ccc(C)c(Br)c1. The maximum absolute atomic E-state index is 12.4. The van der Waals surface area contributed by atoms with E-state index in [4.69, 9.17) is 0 Å². The zero-order valence-electron chi connectivity index (χ0n) is 13.2. The maximum atomic E-state index is 12.4. The number of hydrogen-bond donors (Lipinski definition) is 2. The van der Waals surface area contributed by atoms with Gasteiger partial charge in [0.2, 0.25) is 11.8 Å². The van der Waals surface area contributed by atoms with E-state index in [0.29, 0.717) is 5.69 Å². The van der Waals surface area contributed by atoms with Crippen molar-refractivity contribution >= 4 is 33.4 Å². The van der Waals surface area contributed by atoms with Crippen molar-refractivity contribution in [1.82, 2.24) is 5.32 Å². The molecule has 0 radical (unpaired) electrons. The molecule has 0 saturated carbocycles. The van der Waals surface area contributed by atoms with E-state index < -0.39 is 5.41 Å². The van der Waals surface area contributed by atoms with E-state index >= 15 is 0 Å². The number of anilines is 1. The van der Waals surface area contributed by atoms with E-state index in [1.807, 2.05) is 39.0 Å². The van der Waals surface area contributed by atoms with Gasteiger partial charge in [0.05, 0.1) is 0 Å². The molecule has 1 atom stereocenters. The smallest absolute Gasteiger partial charge is 0.239 e. The van der Waals surface area contributed by atoms with Gasteiger partial charge in [-0.1, -0.05) is 28.9 Å². The molecule has 0 saturated heterocycles. The molecule has 0 aliphatic carbocycles. The Hall–Kier alpha value is -1.36. The highest BCUT2D eigenvalue weighted by Crippen LogP contribution is 2.23. The minimum atomic E-state index is -1.12. The predicted octanol–water partition coefficient (Wildman–Crippen LogP) is 3.64. The van der Waals surface area contributed by atoms with Crippen molar-refractivity contribution in [2.75, 3.05) is 5.32 Å². The van der Waals surface area contributed by atoms with Crippen molar-refractivity contribution in [3.05, 3.63) is 28.2 Å². The summed E-state index contributed by atoms with van der Waals surface area (Å²) in [6.45, 7) is 9.14. The van der Waals surface area contributed by atoms with E-state index in [9.17, 15) is 9.59 Å². The van der Waals surface area contributed by atoms with Gasteiger partial charge in [-0.25, -0.2) is 0 Å². The first-order valence-corrected chi connectivity index (χ1v) is 7.86. The first kappa shape index (κ1) is 17.7. The highest BCUT2D eigenvalue weighted by atomic mass is 79.9. The average molecular weight is 355 g/mol. The number of benzene rings is 1. The van der Waals surface area contributed by atoms with Crippen LogP contribution in [0.5, 0.6) is 0 Å². The first-order valence-electron chi connectivity index (χ1n) is 7.07. The summed E-state index contributed by atoms with van der Waals surface area (Å²) in [7, 11) is 0. The van der Waals surface area contributed by atoms with Crippen LogP contribution < -0.4 is 10.6 Å². The predicted molar refractivity (Wildman–Crippen MR) is 89.2 cm³/mol. The van der Waals surface area contributed by atoms with Crippen molar-refractivity contribution in [2.24, 2.45) is 5.41 Å². The zero-order chi connectivity index (χ0) is 16.2. The molecule has 1 unspecified atom stereocenters. The molecule has 0 aromatic heterocycles. The summed E-state index contributed by atoms with van der Waals surface area (Å²) in [5.41, 5.74) is 0.629. The molecule has 5 heteroatoms. The zero-order valence-corrected chi connectivity index (χ0v) is 14.8. The Bertz CT molecular complexity index is 541. The molecule has 4 nitrogen and oxygen atoms in total. The van der Waals surface area contributed by atoms with Crippen LogP contribution in [-0.4, -0.2) is 17.9 Å². The normalized spacial score (nSPS) is 12.7. The number of amides is 2. The van der Waals surface area contributed by atoms with Crippen LogP contribution in [0.1, 0.15) is 39.7 Å². The fourth-order valence-corrected chi connectivity index (χ4v) is 1.95. The van der Waals surface area contributed by atoms with Crippen molar-refractivity contribution in [2.45, 2.75) is 47.1 Å². The van der Waals surface area contributed by atoms with E-state index in [0.717, 1.165) is 16.5 Å². The molecule has 1 aromatic carbocycles. The Morgan fingerprint density at radius 3 is 2.43 bits per heavy atom. The highest BCUT2D eigenvalue weighted by molar-refractivity contribution is 9.10. The minimum Gasteiger partial charge on any atom is -0.353 e. The third-order valence-electron chi connectivity index (χ3n) is 3.55. The van der Waals surface area contributed by atoms with Crippen LogP contribution in [0.15, 0.2) is 22.7 Å². The van der Waals surface area contributed by atoms with Gasteiger partial charge in [-0.05, 0) is 51.8 Å². The fraction of sp³-hybridized carbons (Fsp3) is 0.500. The third kappa shape index (κ3) is 4.56. The number of carbonyl (C=O) groups is 2. The number of carbonyl (C=O) groups excluding carboxylic acids is 2. The molecule has 0 bridgehead atoms. The first-order chi connectivity index (χ1) is 9.68. The Kier molecular flexibility index (Phi) is 5.96. The second kappa shape index (κ2) is 7.07. The van der Waals surface area contributed by atoms with Crippen LogP contribution in [0.25, 0.3) is 0 Å². The number of nitrogens with one attached hydrogen (secondary N) is 2. The van der Waals surface area contributed by atoms with Gasteiger partial charge in [0, 0.05) is 16.2 Å². The summed E-state index contributed by atoms with van der Waals surface area (Å²) >= 11 is 3.43. The summed E-state index contributed by atoms with van der Waals surface area (Å²) < 4.78 is 0.919. The molecule has 2 N–H and O–H groups in total. The summed E-state index contributed by atoms with van der Waals surface area (Å²) in [4.78, 5) is 24.6. The van der Waals surface area contributed by atoms with Crippen LogP contribution in [-0.2, 0) is 9.59 Å². The minimum absolute atomic E-state index is 0.0538. The summed E-state index contributed by atoms with van der Waals surface area (Å²) in [5.74, 6) is -0.584. The lowest BCUT2D eigenvalue weighted by Gasteiger charge is -2.24. The lowest BCUT2D eigenvalue weighted by Crippen LogP contribution is -2.47. The number of hydrogen-bond acceptors (Lipinski definition) is 2. The molecule has 2 amide bonds. The monoisotopic (exact) mass is 354 g/mol. The lowest BCUT2D eigenvalue weighted by molar-refractivity contribution is -0.138. The van der Waals surface area contributed by atoms with Crippen LogP contribution in [0, 0.1) is 12.3 Å². The van der Waals surface area contributed by atoms with Crippen molar-refractivity contribution in [3.8, 4) is 0 Å². The largest absolute Gasteiger partial charge is 0.353 e. The second-order valence-corrected chi connectivity index (χ2v) is 6.68. The molecule has 116 valence electrons. The van der Waals surface area contributed by atoms with Crippen molar-refractivity contribution in [3.63, 3.8) is 0 Å². The van der Waals surface area contributed by atoms with Gasteiger partial charge in [0.1, 0.15) is 5.41 Å². The number of aryl methyl sites for hydroxylation is 1. The topological polar surface area (TPSA) is 58.2 Å². The Morgan fingerprint density at radius 2 is 1.90 bits per heavy atom. The van der Waals surface area contributed by atoms with Gasteiger partial charge in [0.25, 0.3) is 0 Å². The summed E-state index contributed by atoms with van der Waals surface area (Å²) in [6.07, 6.45) is 0.828. The van der Waals surface area contributed by atoms with Crippen LogP contribution in [0.2, 0.25) is 0 Å². The Balaban J connectivity index is 2.81. The van der Waals surface area contributed by atoms with Gasteiger partial charge in [-0.15, -0.1) is 0 Å². The van der Waals surface area contributed by atoms with Gasteiger partial charge in [0.15, 0.2) is 0 Å². The number of halogens is 1. The molecule has 1 rings (SSSR count). The third-order valence-corrected chi connectivity index (χ3v) is 4.41. The Labute approximate surface area is 134 Å². The summed E-state index contributed by atoms with van der Waals surface area (Å²) in [6, 6.07) is 5.61. The Morgan fingerprint density at radius 1 is 1.29 bits per heavy atom. The molecule has 0 spiro atoms. The van der Waals surface area contributed by atoms with E-state index in [1.54, 1.807) is 13.8 Å². The number of rotatable bonds is 5. The second-order valence-electron chi connectivity index (χ2n) is 5.83. The van der Waals surface area contributed by atoms with Crippen LogP contribution in [0.4, 0.5) is 5.69 Å². The van der Waals surface area contributed by atoms with Gasteiger partial charge in [-0.3, -0.25) is 9.59 Å². The van der Waals surface area contributed by atoms with Gasteiger partial charge < -0.3 is 10.6 Å². The van der Waals surface area contributed by atoms with E-state index in [1.165, 1.54) is 0 Å². The molecule has 0 fully saturated rings. The molecule has 21 heavy (non-hydrogen) atoms. The summed E-state index contributed by atoms with van der Waals surface area (Å²) in [5, 5.41) is 5.64. The molecule has 0 aliphatic rings. The van der Waals surface area contributed by atoms with Crippen molar-refractivity contribution in [1.29, 1.82) is 0 Å².